The van der Waals surface area contributed by atoms with Gasteiger partial charge in [0.2, 0.25) is 0 Å². The second-order valence-corrected chi connectivity index (χ2v) is 6.41. The predicted molar refractivity (Wildman–Crippen MR) is 86.4 cm³/mol. The zero-order chi connectivity index (χ0) is 13.8. The van der Waals surface area contributed by atoms with Gasteiger partial charge in [0.25, 0.3) is 0 Å². The number of rotatable bonds is 6. The van der Waals surface area contributed by atoms with Crippen LogP contribution >= 0.6 is 0 Å². The number of hydrogen-bond acceptors (Lipinski definition) is 2. The first-order valence-electron chi connectivity index (χ1n) is 8.44. The van der Waals surface area contributed by atoms with E-state index in [4.69, 9.17) is 0 Å². The summed E-state index contributed by atoms with van der Waals surface area (Å²) < 4.78 is 0. The van der Waals surface area contributed by atoms with Crippen molar-refractivity contribution in [2.45, 2.75) is 51.5 Å². The van der Waals surface area contributed by atoms with Gasteiger partial charge in [-0.05, 0) is 56.2 Å². The van der Waals surface area contributed by atoms with Gasteiger partial charge in [0.15, 0.2) is 0 Å². The monoisotopic (exact) mass is 272 g/mol. The number of para-hydroxylation sites is 1. The lowest BCUT2D eigenvalue weighted by Gasteiger charge is -2.25. The third-order valence-corrected chi connectivity index (χ3v) is 5.07. The first-order chi connectivity index (χ1) is 9.88. The van der Waals surface area contributed by atoms with E-state index in [0.29, 0.717) is 0 Å². The molecule has 0 aromatic heterocycles. The second kappa shape index (κ2) is 6.62. The summed E-state index contributed by atoms with van der Waals surface area (Å²) in [6.07, 6.45) is 8.08. The Hall–Kier alpha value is -1.02. The van der Waals surface area contributed by atoms with E-state index < -0.39 is 0 Å². The van der Waals surface area contributed by atoms with Gasteiger partial charge < -0.3 is 10.2 Å². The molecule has 20 heavy (non-hydrogen) atoms. The van der Waals surface area contributed by atoms with Crippen molar-refractivity contribution >= 4 is 5.69 Å². The standard InChI is InChI=1S/C18H28N2/c1-2-12-19-17-8-5-7-15(17)10-13-20-14-11-16-6-3-4-9-18(16)20/h3-4,6,9,15,17,19H,2,5,7-8,10-14H2,1H3. The third-order valence-electron chi connectivity index (χ3n) is 5.07. The molecule has 3 rings (SSSR count). The van der Waals surface area contributed by atoms with Crippen LogP contribution in [0.25, 0.3) is 0 Å². The molecule has 1 heterocycles. The van der Waals surface area contributed by atoms with Crippen LogP contribution in [0.4, 0.5) is 5.69 Å². The van der Waals surface area contributed by atoms with Gasteiger partial charge in [-0.2, -0.15) is 0 Å². The molecule has 2 heteroatoms. The van der Waals surface area contributed by atoms with Gasteiger partial charge >= 0.3 is 0 Å². The molecule has 2 unspecified atom stereocenters. The quantitative estimate of drug-likeness (QED) is 0.851. The van der Waals surface area contributed by atoms with Crippen LogP contribution < -0.4 is 10.2 Å². The lowest BCUT2D eigenvalue weighted by atomic mass is 9.99. The predicted octanol–water partition coefficient (Wildman–Crippen LogP) is 3.61. The molecule has 0 radical (unpaired) electrons. The molecular formula is C18H28N2. The van der Waals surface area contributed by atoms with Crippen LogP contribution in [0.1, 0.15) is 44.6 Å². The Kier molecular flexibility index (Phi) is 4.62. The highest BCUT2D eigenvalue weighted by atomic mass is 15.1. The van der Waals surface area contributed by atoms with E-state index >= 15 is 0 Å². The minimum atomic E-state index is 0.785. The van der Waals surface area contributed by atoms with Crippen molar-refractivity contribution in [3.8, 4) is 0 Å². The normalized spacial score (nSPS) is 25.1. The molecule has 2 nitrogen and oxygen atoms in total. The van der Waals surface area contributed by atoms with Crippen LogP contribution in [0.15, 0.2) is 24.3 Å². The van der Waals surface area contributed by atoms with E-state index in [0.717, 1.165) is 12.0 Å². The summed E-state index contributed by atoms with van der Waals surface area (Å²) in [7, 11) is 0. The lowest BCUT2D eigenvalue weighted by Crippen LogP contribution is -2.35. The highest BCUT2D eigenvalue weighted by Gasteiger charge is 2.27. The van der Waals surface area contributed by atoms with Gasteiger partial charge in [-0.25, -0.2) is 0 Å². The average molecular weight is 272 g/mol. The van der Waals surface area contributed by atoms with Crippen molar-refractivity contribution in [3.63, 3.8) is 0 Å². The Bertz CT molecular complexity index is 429. The number of nitrogens with zero attached hydrogens (tertiary/aromatic N) is 1. The first-order valence-corrected chi connectivity index (χ1v) is 8.44. The molecule has 1 N–H and O–H groups in total. The number of benzene rings is 1. The molecule has 0 spiro atoms. The summed E-state index contributed by atoms with van der Waals surface area (Å²) in [5, 5.41) is 3.76. The molecule has 1 fully saturated rings. The van der Waals surface area contributed by atoms with Gasteiger partial charge in [0.1, 0.15) is 0 Å². The van der Waals surface area contributed by atoms with Crippen LogP contribution in [-0.4, -0.2) is 25.7 Å². The van der Waals surface area contributed by atoms with Gasteiger partial charge in [-0.1, -0.05) is 31.5 Å². The Morgan fingerprint density at radius 3 is 3.05 bits per heavy atom. The minimum Gasteiger partial charge on any atom is -0.371 e. The fourth-order valence-corrected chi connectivity index (χ4v) is 3.94. The maximum atomic E-state index is 3.76. The van der Waals surface area contributed by atoms with Crippen LogP contribution in [0.2, 0.25) is 0 Å². The van der Waals surface area contributed by atoms with E-state index in [1.54, 1.807) is 5.56 Å². The molecule has 0 bridgehead atoms. The SMILES string of the molecule is CCCNC1CCCC1CCN1CCc2ccccc21. The Balaban J connectivity index is 1.52. The zero-order valence-corrected chi connectivity index (χ0v) is 12.8. The van der Waals surface area contributed by atoms with Crippen molar-refractivity contribution in [2.75, 3.05) is 24.5 Å². The smallest absolute Gasteiger partial charge is 0.0399 e. The second-order valence-electron chi connectivity index (χ2n) is 6.41. The van der Waals surface area contributed by atoms with E-state index in [9.17, 15) is 0 Å². The lowest BCUT2D eigenvalue weighted by molar-refractivity contribution is 0.381. The van der Waals surface area contributed by atoms with Gasteiger partial charge in [-0.3, -0.25) is 0 Å². The molecule has 1 aromatic rings. The summed E-state index contributed by atoms with van der Waals surface area (Å²) >= 11 is 0. The first kappa shape index (κ1) is 13.9. The number of hydrogen-bond donors (Lipinski definition) is 1. The summed E-state index contributed by atoms with van der Waals surface area (Å²) in [6.45, 7) is 5.91. The third kappa shape index (κ3) is 3.01. The van der Waals surface area contributed by atoms with E-state index in [-0.39, 0.29) is 0 Å². The molecule has 0 amide bonds. The van der Waals surface area contributed by atoms with Crippen molar-refractivity contribution in [2.24, 2.45) is 5.92 Å². The van der Waals surface area contributed by atoms with Crippen LogP contribution in [0.3, 0.4) is 0 Å². The van der Waals surface area contributed by atoms with Gasteiger partial charge in [-0.15, -0.1) is 0 Å². The van der Waals surface area contributed by atoms with Crippen molar-refractivity contribution in [1.82, 2.24) is 5.32 Å². The zero-order valence-electron chi connectivity index (χ0n) is 12.8. The Morgan fingerprint density at radius 2 is 2.15 bits per heavy atom. The molecule has 110 valence electrons. The summed E-state index contributed by atoms with van der Waals surface area (Å²) in [4.78, 5) is 2.60. The number of anilines is 1. The molecule has 1 aromatic carbocycles. The number of fused-ring (bicyclic) bond motifs is 1. The topological polar surface area (TPSA) is 15.3 Å². The van der Waals surface area contributed by atoms with E-state index in [1.165, 1.54) is 63.8 Å². The molecular weight excluding hydrogens is 244 g/mol. The van der Waals surface area contributed by atoms with E-state index in [1.807, 2.05) is 0 Å². The highest BCUT2D eigenvalue weighted by molar-refractivity contribution is 5.57. The fourth-order valence-electron chi connectivity index (χ4n) is 3.94. The maximum absolute atomic E-state index is 3.76. The summed E-state index contributed by atoms with van der Waals surface area (Å²) in [6, 6.07) is 9.72. The minimum absolute atomic E-state index is 0.785. The summed E-state index contributed by atoms with van der Waals surface area (Å²) in [5.74, 6) is 0.898. The fraction of sp³-hybridized carbons (Fsp3) is 0.667. The van der Waals surface area contributed by atoms with Crippen molar-refractivity contribution < 1.29 is 0 Å². The molecule has 0 saturated heterocycles. The largest absolute Gasteiger partial charge is 0.371 e. The van der Waals surface area contributed by atoms with Crippen molar-refractivity contribution in [3.05, 3.63) is 29.8 Å². The van der Waals surface area contributed by atoms with Crippen molar-refractivity contribution in [1.29, 1.82) is 0 Å². The highest BCUT2D eigenvalue weighted by Crippen LogP contribution is 2.32. The molecule has 2 atom stereocenters. The maximum Gasteiger partial charge on any atom is 0.0399 e. The summed E-state index contributed by atoms with van der Waals surface area (Å²) in [5.41, 5.74) is 3.03. The Morgan fingerprint density at radius 1 is 1.25 bits per heavy atom. The van der Waals surface area contributed by atoms with E-state index in [2.05, 4.69) is 41.4 Å². The van der Waals surface area contributed by atoms with Crippen LogP contribution in [-0.2, 0) is 6.42 Å². The molecule has 1 saturated carbocycles. The van der Waals surface area contributed by atoms with Crippen LogP contribution in [0.5, 0.6) is 0 Å². The Labute approximate surface area is 123 Å². The van der Waals surface area contributed by atoms with Gasteiger partial charge in [0, 0.05) is 24.8 Å². The molecule has 1 aliphatic heterocycles. The average Bonchev–Trinajstić information content (AvgIpc) is 3.09. The van der Waals surface area contributed by atoms with Gasteiger partial charge in [0.05, 0.1) is 0 Å². The van der Waals surface area contributed by atoms with Crippen LogP contribution in [0, 0.1) is 5.92 Å². The molecule has 1 aliphatic carbocycles. The molecule has 2 aliphatic rings. The number of nitrogens with one attached hydrogen (secondary N) is 1.